The predicted molar refractivity (Wildman–Crippen MR) is 84.7 cm³/mol. The Morgan fingerprint density at radius 1 is 1.42 bits per heavy atom. The first-order valence-electron chi connectivity index (χ1n) is 7.72. The van der Waals surface area contributed by atoms with Crippen molar-refractivity contribution in [3.05, 3.63) is 23.8 Å². The normalized spacial score (nSPS) is 18.0. The third-order valence-corrected chi connectivity index (χ3v) is 3.69. The van der Waals surface area contributed by atoms with E-state index < -0.39 is 17.9 Å². The summed E-state index contributed by atoms with van der Waals surface area (Å²) >= 11 is 0. The van der Waals surface area contributed by atoms with Crippen molar-refractivity contribution >= 4 is 11.8 Å². The van der Waals surface area contributed by atoms with Crippen LogP contribution in [0.3, 0.4) is 0 Å². The van der Waals surface area contributed by atoms with Gasteiger partial charge < -0.3 is 19.3 Å². The molecule has 0 aromatic heterocycles. The molecule has 1 saturated heterocycles. The third-order valence-electron chi connectivity index (χ3n) is 3.69. The van der Waals surface area contributed by atoms with Crippen LogP contribution >= 0.6 is 0 Å². The van der Waals surface area contributed by atoms with Crippen molar-refractivity contribution in [2.75, 3.05) is 20.3 Å². The molecule has 0 saturated carbocycles. The van der Waals surface area contributed by atoms with Gasteiger partial charge in [0.2, 0.25) is 0 Å². The second-order valence-corrected chi connectivity index (χ2v) is 5.41. The predicted octanol–water partition coefficient (Wildman–Crippen LogP) is 0.746. The lowest BCUT2D eigenvalue weighted by molar-refractivity contribution is -0.134. The monoisotopic (exact) mass is 338 g/mol. The highest BCUT2D eigenvalue weighted by Crippen LogP contribution is 2.28. The van der Waals surface area contributed by atoms with Crippen LogP contribution in [0.1, 0.15) is 30.1 Å². The molecule has 1 aliphatic rings. The molecule has 2 rings (SSSR count). The molecular weight excluding hydrogens is 316 g/mol. The minimum Gasteiger partial charge on any atom is -0.504 e. The first-order chi connectivity index (χ1) is 11.5. The first-order valence-corrected chi connectivity index (χ1v) is 7.72. The number of hydrogen-bond donors (Lipinski definition) is 3. The first kappa shape index (κ1) is 18.0. The summed E-state index contributed by atoms with van der Waals surface area (Å²) in [4.78, 5) is 23.9. The molecule has 2 amide bonds. The summed E-state index contributed by atoms with van der Waals surface area (Å²) in [6, 6.07) is 4.49. The van der Waals surface area contributed by atoms with E-state index in [1.54, 1.807) is 13.0 Å². The van der Waals surface area contributed by atoms with Gasteiger partial charge in [0.25, 0.3) is 11.8 Å². The van der Waals surface area contributed by atoms with Crippen molar-refractivity contribution < 1.29 is 28.9 Å². The van der Waals surface area contributed by atoms with Crippen molar-refractivity contribution in [3.8, 4) is 11.5 Å². The molecule has 1 aromatic rings. The second kappa shape index (κ2) is 8.51. The minimum atomic E-state index is -0.742. The number of aromatic hydroxyl groups is 1. The summed E-state index contributed by atoms with van der Waals surface area (Å²) in [5.41, 5.74) is 4.49. The number of methoxy groups -OCH3 is 1. The maximum absolute atomic E-state index is 12.0. The van der Waals surface area contributed by atoms with E-state index in [4.69, 9.17) is 14.2 Å². The van der Waals surface area contributed by atoms with E-state index in [0.29, 0.717) is 13.2 Å². The van der Waals surface area contributed by atoms with Crippen LogP contribution in [0.5, 0.6) is 11.5 Å². The van der Waals surface area contributed by atoms with Gasteiger partial charge in [-0.3, -0.25) is 20.4 Å². The SMILES string of the molecule is COc1cccc(C(=O)NNC(=O)C(C)OCC2CCCO2)c1O. The highest BCUT2D eigenvalue weighted by atomic mass is 16.5. The van der Waals surface area contributed by atoms with Crippen LogP contribution in [0.15, 0.2) is 18.2 Å². The fourth-order valence-electron chi connectivity index (χ4n) is 2.26. The van der Waals surface area contributed by atoms with Crippen LogP contribution in [-0.4, -0.2) is 49.5 Å². The molecule has 0 aliphatic carbocycles. The zero-order valence-electron chi connectivity index (χ0n) is 13.7. The van der Waals surface area contributed by atoms with Gasteiger partial charge in [0, 0.05) is 6.61 Å². The molecule has 1 aliphatic heterocycles. The summed E-state index contributed by atoms with van der Waals surface area (Å²) in [7, 11) is 1.38. The van der Waals surface area contributed by atoms with Gasteiger partial charge in [-0.2, -0.15) is 0 Å². The average Bonchev–Trinajstić information content (AvgIpc) is 3.10. The Balaban J connectivity index is 1.81. The van der Waals surface area contributed by atoms with Gasteiger partial charge in [-0.25, -0.2) is 0 Å². The zero-order chi connectivity index (χ0) is 17.5. The van der Waals surface area contributed by atoms with E-state index in [0.717, 1.165) is 12.8 Å². The van der Waals surface area contributed by atoms with E-state index >= 15 is 0 Å². The van der Waals surface area contributed by atoms with E-state index in [2.05, 4.69) is 10.9 Å². The number of amides is 2. The Bertz CT molecular complexity index is 586. The number of benzene rings is 1. The molecule has 0 spiro atoms. The number of hydrogen-bond acceptors (Lipinski definition) is 6. The molecule has 0 radical (unpaired) electrons. The molecule has 8 heteroatoms. The number of hydrazine groups is 1. The van der Waals surface area contributed by atoms with Crippen LogP contribution in [0.2, 0.25) is 0 Å². The number of nitrogens with one attached hydrogen (secondary N) is 2. The molecule has 132 valence electrons. The minimum absolute atomic E-state index is 0.0115. The van der Waals surface area contributed by atoms with Gasteiger partial charge in [-0.05, 0) is 31.9 Å². The lowest BCUT2D eigenvalue weighted by Gasteiger charge is -2.16. The lowest BCUT2D eigenvalue weighted by atomic mass is 10.2. The molecular formula is C16H22N2O6. The molecule has 1 aromatic carbocycles. The fourth-order valence-corrected chi connectivity index (χ4v) is 2.26. The van der Waals surface area contributed by atoms with Crippen molar-refractivity contribution in [1.29, 1.82) is 0 Å². The summed E-state index contributed by atoms with van der Waals surface area (Å²) in [5, 5.41) is 9.90. The van der Waals surface area contributed by atoms with E-state index in [1.165, 1.54) is 19.2 Å². The number of phenolic OH excluding ortho intramolecular Hbond substituents is 1. The maximum Gasteiger partial charge on any atom is 0.273 e. The van der Waals surface area contributed by atoms with Gasteiger partial charge in [0.05, 0.1) is 25.4 Å². The number of ether oxygens (including phenoxy) is 3. The summed E-state index contributed by atoms with van der Waals surface area (Å²) in [5.74, 6) is -1.29. The Morgan fingerprint density at radius 3 is 2.88 bits per heavy atom. The fraction of sp³-hybridized carbons (Fsp3) is 0.500. The number of rotatable bonds is 6. The van der Waals surface area contributed by atoms with Gasteiger partial charge in [-0.1, -0.05) is 6.07 Å². The third kappa shape index (κ3) is 4.59. The summed E-state index contributed by atoms with van der Waals surface area (Å²) in [6.45, 7) is 2.63. The van der Waals surface area contributed by atoms with Gasteiger partial charge >= 0.3 is 0 Å². The van der Waals surface area contributed by atoms with Crippen LogP contribution in [0.4, 0.5) is 0 Å². The highest BCUT2D eigenvalue weighted by Gasteiger charge is 2.21. The molecule has 0 bridgehead atoms. The lowest BCUT2D eigenvalue weighted by Crippen LogP contribution is -2.46. The number of phenols is 1. The molecule has 1 fully saturated rings. The zero-order valence-corrected chi connectivity index (χ0v) is 13.7. The standard InChI is InChI=1S/C16H22N2O6/c1-10(24-9-11-5-4-8-23-11)15(20)17-18-16(21)12-6-3-7-13(22-2)14(12)19/h3,6-7,10-11,19H,4-5,8-9H2,1-2H3,(H,17,20)(H,18,21). The number of carbonyl (C=O) groups is 2. The molecule has 2 unspecified atom stereocenters. The van der Waals surface area contributed by atoms with Gasteiger partial charge in [0.1, 0.15) is 6.10 Å². The Hall–Kier alpha value is -2.32. The van der Waals surface area contributed by atoms with E-state index in [-0.39, 0.29) is 23.2 Å². The van der Waals surface area contributed by atoms with Gasteiger partial charge in [0.15, 0.2) is 11.5 Å². The molecule has 2 atom stereocenters. The topological polar surface area (TPSA) is 106 Å². The summed E-state index contributed by atoms with van der Waals surface area (Å²) < 4.78 is 15.8. The Labute approximate surface area is 140 Å². The van der Waals surface area contributed by atoms with Crippen LogP contribution in [-0.2, 0) is 14.3 Å². The highest BCUT2D eigenvalue weighted by molar-refractivity contribution is 5.98. The van der Waals surface area contributed by atoms with Gasteiger partial charge in [-0.15, -0.1) is 0 Å². The maximum atomic E-state index is 12.0. The van der Waals surface area contributed by atoms with Crippen LogP contribution < -0.4 is 15.6 Å². The van der Waals surface area contributed by atoms with Crippen molar-refractivity contribution in [1.82, 2.24) is 10.9 Å². The number of para-hydroxylation sites is 1. The molecule has 8 nitrogen and oxygen atoms in total. The molecule has 3 N–H and O–H groups in total. The van der Waals surface area contributed by atoms with Crippen LogP contribution in [0.25, 0.3) is 0 Å². The Kier molecular flexibility index (Phi) is 6.39. The van der Waals surface area contributed by atoms with E-state index in [1.807, 2.05) is 0 Å². The largest absolute Gasteiger partial charge is 0.504 e. The van der Waals surface area contributed by atoms with Crippen molar-refractivity contribution in [3.63, 3.8) is 0 Å². The number of carbonyl (C=O) groups excluding carboxylic acids is 2. The summed E-state index contributed by atoms with van der Waals surface area (Å²) in [6.07, 6.45) is 1.19. The molecule has 24 heavy (non-hydrogen) atoms. The Morgan fingerprint density at radius 2 is 2.21 bits per heavy atom. The molecule has 1 heterocycles. The smallest absolute Gasteiger partial charge is 0.273 e. The second-order valence-electron chi connectivity index (χ2n) is 5.41. The van der Waals surface area contributed by atoms with Crippen molar-refractivity contribution in [2.24, 2.45) is 0 Å². The average molecular weight is 338 g/mol. The van der Waals surface area contributed by atoms with E-state index in [9.17, 15) is 14.7 Å². The quantitative estimate of drug-likeness (QED) is 0.661. The van der Waals surface area contributed by atoms with Crippen molar-refractivity contribution in [2.45, 2.75) is 32.0 Å². The van der Waals surface area contributed by atoms with Crippen LogP contribution in [0, 0.1) is 0 Å².